The van der Waals surface area contributed by atoms with Crippen LogP contribution in [0, 0.1) is 0 Å². The van der Waals surface area contributed by atoms with Crippen molar-refractivity contribution >= 4 is 23.4 Å². The number of fused-ring (bicyclic) bond motifs is 1. The largest absolute Gasteiger partial charge is 0.466 e. The molecule has 0 saturated heterocycles. The lowest BCUT2D eigenvalue weighted by Crippen LogP contribution is -2.19. The number of methoxy groups -OCH3 is 1. The van der Waals surface area contributed by atoms with Crippen LogP contribution in [-0.2, 0) is 9.53 Å². The van der Waals surface area contributed by atoms with Crippen LogP contribution >= 0.6 is 11.8 Å². The first kappa shape index (κ1) is 12.0. The van der Waals surface area contributed by atoms with E-state index in [-0.39, 0.29) is 5.97 Å². The number of para-hydroxylation sites is 1. The summed E-state index contributed by atoms with van der Waals surface area (Å²) < 4.78 is 4.68. The normalized spacial score (nSPS) is 16.1. The van der Waals surface area contributed by atoms with Gasteiger partial charge in [-0.15, -0.1) is 0 Å². The lowest BCUT2D eigenvalue weighted by molar-refractivity contribution is -0.134. The predicted molar refractivity (Wildman–Crippen MR) is 70.0 cm³/mol. The summed E-state index contributed by atoms with van der Waals surface area (Å²) in [5.41, 5.74) is 1.18. The van der Waals surface area contributed by atoms with E-state index in [1.165, 1.54) is 17.7 Å². The highest BCUT2D eigenvalue weighted by atomic mass is 32.2. The molecule has 1 aliphatic rings. The molecule has 0 spiro atoms. The lowest BCUT2D eigenvalue weighted by Gasteiger charge is -2.19. The van der Waals surface area contributed by atoms with Gasteiger partial charge in [0.1, 0.15) is 0 Å². The Kier molecular flexibility index (Phi) is 3.74. The number of benzene rings is 1. The van der Waals surface area contributed by atoms with Gasteiger partial charge >= 0.3 is 5.97 Å². The van der Waals surface area contributed by atoms with Crippen molar-refractivity contribution in [3.8, 4) is 0 Å². The van der Waals surface area contributed by atoms with Gasteiger partial charge in [0.05, 0.1) is 23.9 Å². The van der Waals surface area contributed by atoms with Crippen LogP contribution in [0.15, 0.2) is 40.3 Å². The van der Waals surface area contributed by atoms with Crippen LogP contribution in [0.1, 0.15) is 13.3 Å². The second kappa shape index (κ2) is 5.27. The highest BCUT2D eigenvalue weighted by molar-refractivity contribution is 8.03. The van der Waals surface area contributed by atoms with Crippen molar-refractivity contribution in [2.75, 3.05) is 18.6 Å². The van der Waals surface area contributed by atoms with E-state index in [1.54, 1.807) is 17.8 Å². The first-order valence-electron chi connectivity index (χ1n) is 5.60. The number of hydrogen-bond acceptors (Lipinski definition) is 4. The molecule has 1 aromatic carbocycles. The van der Waals surface area contributed by atoms with E-state index in [0.29, 0.717) is 0 Å². The molecule has 0 unspecified atom stereocenters. The summed E-state index contributed by atoms with van der Waals surface area (Å²) in [6.45, 7) is 3.04. The lowest BCUT2D eigenvalue weighted by atomic mass is 10.3. The summed E-state index contributed by atoms with van der Waals surface area (Å²) >= 11 is 1.61. The highest BCUT2D eigenvalue weighted by Crippen LogP contribution is 2.45. The van der Waals surface area contributed by atoms with Crippen LogP contribution < -0.4 is 4.90 Å². The zero-order chi connectivity index (χ0) is 12.3. The molecule has 3 nitrogen and oxygen atoms in total. The Morgan fingerprint density at radius 1 is 1.47 bits per heavy atom. The van der Waals surface area contributed by atoms with Gasteiger partial charge in [-0.1, -0.05) is 30.8 Å². The highest BCUT2D eigenvalue weighted by Gasteiger charge is 2.24. The van der Waals surface area contributed by atoms with Gasteiger partial charge in [0.15, 0.2) is 0 Å². The Morgan fingerprint density at radius 2 is 2.24 bits per heavy atom. The van der Waals surface area contributed by atoms with Crippen LogP contribution in [0.3, 0.4) is 0 Å². The standard InChI is InChI=1S/C13H15NO2S/c1-3-8-14-10-6-4-5-7-11(10)17-12(14)9-13(15)16-2/h4-7,9H,3,8H2,1-2H3/b12-9+. The number of hydrogen-bond donors (Lipinski definition) is 0. The fraction of sp³-hybridized carbons (Fsp3) is 0.308. The second-order valence-electron chi connectivity index (χ2n) is 3.73. The van der Waals surface area contributed by atoms with E-state index in [1.807, 2.05) is 12.1 Å². The molecule has 0 bridgehead atoms. The molecule has 0 atom stereocenters. The Bertz CT molecular complexity index is 456. The van der Waals surface area contributed by atoms with Crippen molar-refractivity contribution in [3.05, 3.63) is 35.4 Å². The molecule has 0 N–H and O–H groups in total. The predicted octanol–water partition coefficient (Wildman–Crippen LogP) is 3.02. The van der Waals surface area contributed by atoms with Crippen LogP contribution in [0.5, 0.6) is 0 Å². The number of anilines is 1. The Hall–Kier alpha value is -1.42. The SMILES string of the molecule is CCCN1/C(=C\C(=O)OC)Sc2ccccc21. The van der Waals surface area contributed by atoms with E-state index in [9.17, 15) is 4.79 Å². The molecule has 0 radical (unpaired) electrons. The number of esters is 1. The number of carbonyl (C=O) groups excluding carboxylic acids is 1. The van der Waals surface area contributed by atoms with Crippen molar-refractivity contribution < 1.29 is 9.53 Å². The molecule has 1 heterocycles. The van der Waals surface area contributed by atoms with Gasteiger partial charge in [0.2, 0.25) is 0 Å². The summed E-state index contributed by atoms with van der Waals surface area (Å²) in [6, 6.07) is 8.18. The van der Waals surface area contributed by atoms with Crippen molar-refractivity contribution in [3.63, 3.8) is 0 Å². The number of nitrogens with zero attached hydrogens (tertiary/aromatic N) is 1. The Labute approximate surface area is 105 Å². The second-order valence-corrected chi connectivity index (χ2v) is 4.79. The topological polar surface area (TPSA) is 29.5 Å². The van der Waals surface area contributed by atoms with E-state index in [0.717, 1.165) is 18.0 Å². The number of thioether (sulfide) groups is 1. The molecular formula is C13H15NO2S. The van der Waals surface area contributed by atoms with Crippen molar-refractivity contribution in [2.24, 2.45) is 0 Å². The average molecular weight is 249 g/mol. The molecule has 0 fully saturated rings. The van der Waals surface area contributed by atoms with Gasteiger partial charge in [0.25, 0.3) is 0 Å². The van der Waals surface area contributed by atoms with Gasteiger partial charge < -0.3 is 9.64 Å². The molecule has 0 aromatic heterocycles. The molecule has 2 rings (SSSR count). The summed E-state index contributed by atoms with van der Waals surface area (Å²) in [6.07, 6.45) is 2.59. The van der Waals surface area contributed by atoms with Crippen molar-refractivity contribution in [1.82, 2.24) is 0 Å². The zero-order valence-electron chi connectivity index (χ0n) is 9.97. The fourth-order valence-corrected chi connectivity index (χ4v) is 2.88. The molecule has 1 aliphatic heterocycles. The minimum atomic E-state index is -0.304. The van der Waals surface area contributed by atoms with E-state index in [2.05, 4.69) is 28.7 Å². The molecule has 0 amide bonds. The smallest absolute Gasteiger partial charge is 0.333 e. The Morgan fingerprint density at radius 3 is 2.94 bits per heavy atom. The van der Waals surface area contributed by atoms with E-state index in [4.69, 9.17) is 0 Å². The molecule has 0 saturated carbocycles. The van der Waals surface area contributed by atoms with Crippen LogP contribution in [-0.4, -0.2) is 19.6 Å². The summed E-state index contributed by atoms with van der Waals surface area (Å²) in [4.78, 5) is 14.7. The Balaban J connectivity index is 2.32. The van der Waals surface area contributed by atoms with Gasteiger partial charge in [-0.3, -0.25) is 0 Å². The fourth-order valence-electron chi connectivity index (χ4n) is 1.77. The maximum absolute atomic E-state index is 11.3. The molecule has 1 aromatic rings. The van der Waals surface area contributed by atoms with Crippen LogP contribution in [0.25, 0.3) is 0 Å². The van der Waals surface area contributed by atoms with Gasteiger partial charge in [-0.05, 0) is 18.6 Å². The van der Waals surface area contributed by atoms with Crippen molar-refractivity contribution in [2.45, 2.75) is 18.2 Å². The molecule has 90 valence electrons. The van der Waals surface area contributed by atoms with E-state index < -0.39 is 0 Å². The first-order chi connectivity index (χ1) is 8.26. The maximum Gasteiger partial charge on any atom is 0.333 e. The van der Waals surface area contributed by atoms with Crippen LogP contribution in [0.4, 0.5) is 5.69 Å². The first-order valence-corrected chi connectivity index (χ1v) is 6.42. The summed E-state index contributed by atoms with van der Waals surface area (Å²) in [5.74, 6) is -0.304. The summed E-state index contributed by atoms with van der Waals surface area (Å²) in [5, 5.41) is 0.944. The van der Waals surface area contributed by atoms with Crippen LogP contribution in [0.2, 0.25) is 0 Å². The molecular weight excluding hydrogens is 234 g/mol. The number of ether oxygens (including phenoxy) is 1. The van der Waals surface area contributed by atoms with Gasteiger partial charge in [-0.2, -0.15) is 0 Å². The quantitative estimate of drug-likeness (QED) is 0.608. The number of carbonyl (C=O) groups is 1. The molecule has 0 aliphatic carbocycles. The van der Waals surface area contributed by atoms with Crippen molar-refractivity contribution in [1.29, 1.82) is 0 Å². The minimum absolute atomic E-state index is 0.304. The van der Waals surface area contributed by atoms with Gasteiger partial charge in [0, 0.05) is 11.4 Å². The summed E-state index contributed by atoms with van der Waals surface area (Å²) in [7, 11) is 1.40. The molecule has 4 heteroatoms. The van der Waals surface area contributed by atoms with E-state index >= 15 is 0 Å². The minimum Gasteiger partial charge on any atom is -0.466 e. The van der Waals surface area contributed by atoms with Gasteiger partial charge in [-0.25, -0.2) is 4.79 Å². The third-order valence-corrected chi connectivity index (χ3v) is 3.64. The molecule has 17 heavy (non-hydrogen) atoms. The number of rotatable bonds is 3. The third kappa shape index (κ3) is 2.47. The average Bonchev–Trinajstić information content (AvgIpc) is 2.68. The zero-order valence-corrected chi connectivity index (χ0v) is 10.8. The monoisotopic (exact) mass is 249 g/mol. The maximum atomic E-state index is 11.3. The third-order valence-electron chi connectivity index (χ3n) is 2.53.